The Balaban J connectivity index is 2.53. The molecule has 0 bridgehead atoms. The molecule has 1 aliphatic rings. The molecule has 0 heterocycles. The van der Waals surface area contributed by atoms with E-state index in [9.17, 15) is 4.79 Å². The Bertz CT molecular complexity index is 170. The van der Waals surface area contributed by atoms with E-state index in [4.69, 9.17) is 0 Å². The maximum atomic E-state index is 11.5. The number of Topliss-reactive ketones (excluding diaryl/α,β-unsaturated/α-hetero) is 1. The fourth-order valence-corrected chi connectivity index (χ4v) is 2.19. The Morgan fingerprint density at radius 2 is 2.17 bits per heavy atom. The minimum Gasteiger partial charge on any atom is -0.299 e. The predicted octanol–water partition coefficient (Wildman–Crippen LogP) is 3.18. The molecule has 1 saturated carbocycles. The summed E-state index contributed by atoms with van der Waals surface area (Å²) in [6.07, 6.45) is 5.45. The second-order valence-electron chi connectivity index (χ2n) is 4.65. The molecule has 12 heavy (non-hydrogen) atoms. The summed E-state index contributed by atoms with van der Waals surface area (Å²) in [5.74, 6) is 0.867. The molecular formula is C11H20O. The highest BCUT2D eigenvalue weighted by Gasteiger charge is 2.39. The Kier molecular flexibility index (Phi) is 2.92. The zero-order valence-electron chi connectivity index (χ0n) is 8.52. The number of rotatable bonds is 3. The summed E-state index contributed by atoms with van der Waals surface area (Å²) >= 11 is 0. The number of unbranched alkanes of at least 4 members (excludes halogenated alkanes) is 1. The van der Waals surface area contributed by atoms with Crippen LogP contribution in [0.3, 0.4) is 0 Å². The maximum absolute atomic E-state index is 11.5. The van der Waals surface area contributed by atoms with E-state index in [1.165, 1.54) is 12.8 Å². The van der Waals surface area contributed by atoms with E-state index in [0.29, 0.717) is 11.7 Å². The van der Waals surface area contributed by atoms with Gasteiger partial charge in [0.2, 0.25) is 0 Å². The van der Waals surface area contributed by atoms with Gasteiger partial charge in [-0.15, -0.1) is 0 Å². The average molecular weight is 168 g/mol. The van der Waals surface area contributed by atoms with E-state index in [0.717, 1.165) is 19.3 Å². The van der Waals surface area contributed by atoms with Crippen LogP contribution in [0, 0.1) is 11.3 Å². The maximum Gasteiger partial charge on any atom is 0.136 e. The van der Waals surface area contributed by atoms with Crippen molar-refractivity contribution in [3.8, 4) is 0 Å². The van der Waals surface area contributed by atoms with Crippen molar-refractivity contribution in [1.29, 1.82) is 0 Å². The summed E-state index contributed by atoms with van der Waals surface area (Å²) in [7, 11) is 0. The molecule has 70 valence electrons. The summed E-state index contributed by atoms with van der Waals surface area (Å²) in [4.78, 5) is 11.5. The molecule has 1 heteroatoms. The van der Waals surface area contributed by atoms with E-state index < -0.39 is 0 Å². The Morgan fingerprint density at radius 3 is 2.58 bits per heavy atom. The standard InChI is InChI=1S/C11H20O/c1-4-5-6-9-10(12)7-8-11(9,2)3/h9H,4-8H2,1-3H3. The van der Waals surface area contributed by atoms with E-state index in [2.05, 4.69) is 20.8 Å². The minimum absolute atomic E-state index is 0.284. The quantitative estimate of drug-likeness (QED) is 0.632. The van der Waals surface area contributed by atoms with Gasteiger partial charge in [0.1, 0.15) is 5.78 Å². The Hall–Kier alpha value is -0.330. The van der Waals surface area contributed by atoms with Crippen LogP contribution in [0.5, 0.6) is 0 Å². The smallest absolute Gasteiger partial charge is 0.136 e. The van der Waals surface area contributed by atoms with Crippen LogP contribution in [0.1, 0.15) is 52.9 Å². The van der Waals surface area contributed by atoms with Crippen LogP contribution in [0.15, 0.2) is 0 Å². The first-order valence-electron chi connectivity index (χ1n) is 5.10. The summed E-state index contributed by atoms with van der Waals surface area (Å²) < 4.78 is 0. The van der Waals surface area contributed by atoms with Gasteiger partial charge in [-0.1, -0.05) is 33.6 Å². The van der Waals surface area contributed by atoms with E-state index in [1.54, 1.807) is 0 Å². The molecule has 1 rings (SSSR count). The molecular weight excluding hydrogens is 148 g/mol. The lowest BCUT2D eigenvalue weighted by molar-refractivity contribution is -0.122. The van der Waals surface area contributed by atoms with E-state index in [1.807, 2.05) is 0 Å². The van der Waals surface area contributed by atoms with Gasteiger partial charge in [-0.25, -0.2) is 0 Å². The van der Waals surface area contributed by atoms with Gasteiger partial charge in [-0.2, -0.15) is 0 Å². The molecule has 0 radical (unpaired) electrons. The third-order valence-electron chi connectivity index (χ3n) is 3.19. The van der Waals surface area contributed by atoms with Gasteiger partial charge in [0.05, 0.1) is 0 Å². The van der Waals surface area contributed by atoms with Gasteiger partial charge in [0, 0.05) is 12.3 Å². The van der Waals surface area contributed by atoms with Gasteiger partial charge >= 0.3 is 0 Å². The molecule has 0 amide bonds. The van der Waals surface area contributed by atoms with Gasteiger partial charge in [-0.3, -0.25) is 4.79 Å². The molecule has 0 aromatic carbocycles. The topological polar surface area (TPSA) is 17.1 Å². The Labute approximate surface area is 75.5 Å². The fraction of sp³-hybridized carbons (Fsp3) is 0.909. The van der Waals surface area contributed by atoms with Crippen LogP contribution in [-0.2, 0) is 4.79 Å². The van der Waals surface area contributed by atoms with Gasteiger partial charge in [0.25, 0.3) is 0 Å². The third kappa shape index (κ3) is 1.88. The van der Waals surface area contributed by atoms with Crippen molar-refractivity contribution in [2.45, 2.75) is 52.9 Å². The number of carbonyl (C=O) groups is 1. The molecule has 0 N–H and O–H groups in total. The van der Waals surface area contributed by atoms with Crippen LogP contribution < -0.4 is 0 Å². The number of hydrogen-bond donors (Lipinski definition) is 0. The van der Waals surface area contributed by atoms with Crippen LogP contribution in [-0.4, -0.2) is 5.78 Å². The molecule has 1 atom stereocenters. The molecule has 1 aliphatic carbocycles. The van der Waals surface area contributed by atoms with Crippen molar-refractivity contribution >= 4 is 5.78 Å². The Morgan fingerprint density at radius 1 is 1.50 bits per heavy atom. The molecule has 0 aliphatic heterocycles. The highest BCUT2D eigenvalue weighted by molar-refractivity contribution is 5.84. The van der Waals surface area contributed by atoms with Crippen molar-refractivity contribution in [2.24, 2.45) is 11.3 Å². The highest BCUT2D eigenvalue weighted by atomic mass is 16.1. The average Bonchev–Trinajstić information content (AvgIpc) is 2.24. The van der Waals surface area contributed by atoms with Crippen LogP contribution in [0.4, 0.5) is 0 Å². The molecule has 0 aromatic rings. The lowest BCUT2D eigenvalue weighted by atomic mass is 9.79. The predicted molar refractivity (Wildman–Crippen MR) is 51.0 cm³/mol. The van der Waals surface area contributed by atoms with Crippen LogP contribution in [0.2, 0.25) is 0 Å². The zero-order chi connectivity index (χ0) is 9.19. The molecule has 0 saturated heterocycles. The molecule has 0 aromatic heterocycles. The van der Waals surface area contributed by atoms with Crippen LogP contribution in [0.25, 0.3) is 0 Å². The van der Waals surface area contributed by atoms with Gasteiger partial charge in [-0.05, 0) is 18.3 Å². The highest BCUT2D eigenvalue weighted by Crippen LogP contribution is 2.42. The monoisotopic (exact) mass is 168 g/mol. The van der Waals surface area contributed by atoms with Crippen molar-refractivity contribution in [3.63, 3.8) is 0 Å². The first-order chi connectivity index (χ1) is 5.58. The summed E-state index contributed by atoms with van der Waals surface area (Å²) in [6, 6.07) is 0. The van der Waals surface area contributed by atoms with Crippen molar-refractivity contribution in [1.82, 2.24) is 0 Å². The van der Waals surface area contributed by atoms with E-state index >= 15 is 0 Å². The summed E-state index contributed by atoms with van der Waals surface area (Å²) in [5, 5.41) is 0. The van der Waals surface area contributed by atoms with Crippen molar-refractivity contribution in [3.05, 3.63) is 0 Å². The second kappa shape index (κ2) is 3.59. The summed E-state index contributed by atoms with van der Waals surface area (Å²) in [6.45, 7) is 6.66. The normalized spacial score (nSPS) is 27.9. The summed E-state index contributed by atoms with van der Waals surface area (Å²) in [5.41, 5.74) is 0.284. The van der Waals surface area contributed by atoms with Crippen molar-refractivity contribution < 1.29 is 4.79 Å². The lowest BCUT2D eigenvalue weighted by Crippen LogP contribution is -2.21. The number of carbonyl (C=O) groups excluding carboxylic acids is 1. The fourth-order valence-electron chi connectivity index (χ4n) is 2.19. The first-order valence-corrected chi connectivity index (χ1v) is 5.10. The van der Waals surface area contributed by atoms with Gasteiger partial charge in [0.15, 0.2) is 0 Å². The number of hydrogen-bond acceptors (Lipinski definition) is 1. The third-order valence-corrected chi connectivity index (χ3v) is 3.19. The number of ketones is 1. The van der Waals surface area contributed by atoms with Crippen LogP contribution >= 0.6 is 0 Å². The van der Waals surface area contributed by atoms with Gasteiger partial charge < -0.3 is 0 Å². The molecule has 1 fully saturated rings. The first kappa shape index (κ1) is 9.76. The SMILES string of the molecule is CCCCC1C(=O)CCC1(C)C. The second-order valence-corrected chi connectivity index (χ2v) is 4.65. The zero-order valence-corrected chi connectivity index (χ0v) is 8.52. The van der Waals surface area contributed by atoms with E-state index in [-0.39, 0.29) is 5.41 Å². The molecule has 1 nitrogen and oxygen atoms in total. The molecule has 1 unspecified atom stereocenters. The largest absolute Gasteiger partial charge is 0.299 e. The minimum atomic E-state index is 0.284. The van der Waals surface area contributed by atoms with Crippen molar-refractivity contribution in [2.75, 3.05) is 0 Å². The lowest BCUT2D eigenvalue weighted by Gasteiger charge is -2.25. The molecule has 0 spiro atoms.